The summed E-state index contributed by atoms with van der Waals surface area (Å²) in [4.78, 5) is 4.83. The number of benzene rings is 1. The number of ether oxygens (including phenoxy) is 1. The highest BCUT2D eigenvalue weighted by atomic mass is 16.5. The van der Waals surface area contributed by atoms with E-state index < -0.39 is 0 Å². The van der Waals surface area contributed by atoms with E-state index in [1.807, 2.05) is 0 Å². The maximum Gasteiger partial charge on any atom is 0.187 e. The maximum atomic E-state index is 6.00. The largest absolute Gasteiger partial charge is 0.478 e. The Morgan fingerprint density at radius 1 is 1.32 bits per heavy atom. The van der Waals surface area contributed by atoms with E-state index in [4.69, 9.17) is 9.73 Å². The second-order valence-electron chi connectivity index (χ2n) is 6.19. The van der Waals surface area contributed by atoms with E-state index in [1.54, 1.807) is 0 Å². The van der Waals surface area contributed by atoms with Crippen LogP contribution in [0, 0.1) is 5.92 Å². The number of nitrogens with zero attached hydrogens (tertiary/aromatic N) is 1. The second kappa shape index (κ2) is 5.77. The van der Waals surface area contributed by atoms with Crippen molar-refractivity contribution in [2.75, 3.05) is 0 Å². The normalized spacial score (nSPS) is 23.4. The Balaban J connectivity index is 2.15. The molecule has 0 saturated heterocycles. The number of rotatable bonds is 4. The van der Waals surface area contributed by atoms with Gasteiger partial charge >= 0.3 is 0 Å². The minimum atomic E-state index is 0.0110. The van der Waals surface area contributed by atoms with Gasteiger partial charge in [0.05, 0.1) is 11.6 Å². The van der Waals surface area contributed by atoms with Crippen molar-refractivity contribution in [2.45, 2.75) is 58.6 Å². The SMILES string of the molecule is CC[C@@H](Cc1ccccc1)C1=NC(C)(C)C[C@@H](C)O1. The molecule has 0 fully saturated rings. The molecule has 0 aromatic heterocycles. The second-order valence-corrected chi connectivity index (χ2v) is 6.19. The van der Waals surface area contributed by atoms with Crippen molar-refractivity contribution in [3.8, 4) is 0 Å². The molecule has 0 radical (unpaired) electrons. The molecule has 0 bridgehead atoms. The molecule has 0 unspecified atom stereocenters. The monoisotopic (exact) mass is 259 g/mol. The van der Waals surface area contributed by atoms with E-state index in [1.165, 1.54) is 5.56 Å². The van der Waals surface area contributed by atoms with Gasteiger partial charge in [-0.1, -0.05) is 37.3 Å². The average molecular weight is 259 g/mol. The van der Waals surface area contributed by atoms with Crippen LogP contribution in [0.15, 0.2) is 35.3 Å². The summed E-state index contributed by atoms with van der Waals surface area (Å²) in [5.41, 5.74) is 1.37. The quantitative estimate of drug-likeness (QED) is 0.792. The molecular weight excluding hydrogens is 234 g/mol. The highest BCUT2D eigenvalue weighted by Crippen LogP contribution is 2.28. The first-order valence-electron chi connectivity index (χ1n) is 7.30. The molecule has 1 aromatic rings. The standard InChI is InChI=1S/C17H25NO/c1-5-15(11-14-9-7-6-8-10-14)16-18-17(3,4)12-13(2)19-16/h6-10,13,15H,5,11-12H2,1-4H3/t13-,15+/m1/s1. The topological polar surface area (TPSA) is 21.6 Å². The van der Waals surface area contributed by atoms with Crippen LogP contribution >= 0.6 is 0 Å². The summed E-state index contributed by atoms with van der Waals surface area (Å²) < 4.78 is 6.00. The van der Waals surface area contributed by atoms with E-state index in [9.17, 15) is 0 Å². The molecule has 1 aliphatic heterocycles. The Bertz CT molecular complexity index is 436. The first kappa shape index (κ1) is 14.1. The van der Waals surface area contributed by atoms with Crippen LogP contribution in [0.1, 0.15) is 46.1 Å². The summed E-state index contributed by atoms with van der Waals surface area (Å²) in [6, 6.07) is 10.6. The third-order valence-electron chi connectivity index (χ3n) is 3.69. The smallest absolute Gasteiger partial charge is 0.187 e. The molecule has 0 saturated carbocycles. The van der Waals surface area contributed by atoms with Gasteiger partial charge in [-0.25, -0.2) is 4.99 Å². The van der Waals surface area contributed by atoms with Crippen LogP contribution in [0.3, 0.4) is 0 Å². The maximum absolute atomic E-state index is 6.00. The van der Waals surface area contributed by atoms with Gasteiger partial charge in [-0.15, -0.1) is 0 Å². The summed E-state index contributed by atoms with van der Waals surface area (Å²) in [6.45, 7) is 8.75. The van der Waals surface area contributed by atoms with Crippen molar-refractivity contribution in [3.63, 3.8) is 0 Å². The fraction of sp³-hybridized carbons (Fsp3) is 0.588. The van der Waals surface area contributed by atoms with Gasteiger partial charge < -0.3 is 4.74 Å². The number of aliphatic imine (C=N–C) groups is 1. The van der Waals surface area contributed by atoms with Crippen molar-refractivity contribution in [2.24, 2.45) is 10.9 Å². The predicted molar refractivity (Wildman–Crippen MR) is 80.6 cm³/mol. The molecule has 1 aromatic carbocycles. The Labute approximate surface area is 116 Å². The van der Waals surface area contributed by atoms with E-state index in [0.717, 1.165) is 25.2 Å². The first-order valence-corrected chi connectivity index (χ1v) is 7.30. The lowest BCUT2D eigenvalue weighted by Gasteiger charge is -2.34. The van der Waals surface area contributed by atoms with Gasteiger partial charge in [0.15, 0.2) is 5.90 Å². The summed E-state index contributed by atoms with van der Waals surface area (Å²) in [5, 5.41) is 0. The molecule has 104 valence electrons. The highest BCUT2D eigenvalue weighted by Gasteiger charge is 2.31. The Kier molecular flexibility index (Phi) is 4.28. The molecule has 2 atom stereocenters. The van der Waals surface area contributed by atoms with Gasteiger partial charge in [0, 0.05) is 12.3 Å². The zero-order valence-corrected chi connectivity index (χ0v) is 12.5. The zero-order valence-electron chi connectivity index (χ0n) is 12.5. The minimum absolute atomic E-state index is 0.0110. The van der Waals surface area contributed by atoms with Gasteiger partial charge in [-0.2, -0.15) is 0 Å². The third kappa shape index (κ3) is 3.82. The van der Waals surface area contributed by atoms with Crippen molar-refractivity contribution in [1.29, 1.82) is 0 Å². The molecule has 0 aliphatic carbocycles. The highest BCUT2D eigenvalue weighted by molar-refractivity contribution is 5.80. The molecule has 0 N–H and O–H groups in total. The van der Waals surface area contributed by atoms with E-state index in [2.05, 4.69) is 58.0 Å². The number of hydrogen-bond donors (Lipinski definition) is 0. The zero-order chi connectivity index (χ0) is 13.9. The lowest BCUT2D eigenvalue weighted by molar-refractivity contribution is 0.130. The first-order chi connectivity index (χ1) is 9.00. The van der Waals surface area contributed by atoms with Crippen LogP contribution in [-0.2, 0) is 11.2 Å². The molecule has 19 heavy (non-hydrogen) atoms. The number of hydrogen-bond acceptors (Lipinski definition) is 2. The van der Waals surface area contributed by atoms with E-state index in [-0.39, 0.29) is 11.6 Å². The average Bonchev–Trinajstić information content (AvgIpc) is 2.34. The summed E-state index contributed by atoms with van der Waals surface area (Å²) >= 11 is 0. The van der Waals surface area contributed by atoms with Crippen LogP contribution < -0.4 is 0 Å². The predicted octanol–water partition coefficient (Wildman–Crippen LogP) is 4.24. The minimum Gasteiger partial charge on any atom is -0.478 e. The Hall–Kier alpha value is -1.31. The lowest BCUT2D eigenvalue weighted by Crippen LogP contribution is -2.37. The molecular formula is C17H25NO. The Morgan fingerprint density at radius 2 is 2.00 bits per heavy atom. The van der Waals surface area contributed by atoms with Crippen molar-refractivity contribution in [1.82, 2.24) is 0 Å². The summed E-state index contributed by atoms with van der Waals surface area (Å²) in [6.07, 6.45) is 3.35. The molecule has 2 rings (SSSR count). The van der Waals surface area contributed by atoms with Crippen LogP contribution in [0.5, 0.6) is 0 Å². The van der Waals surface area contributed by atoms with Gasteiger partial charge in [-0.05, 0) is 39.2 Å². The van der Waals surface area contributed by atoms with E-state index in [0.29, 0.717) is 5.92 Å². The lowest BCUT2D eigenvalue weighted by atomic mass is 9.92. The van der Waals surface area contributed by atoms with Gasteiger partial charge in [-0.3, -0.25) is 0 Å². The molecule has 2 heteroatoms. The fourth-order valence-corrected chi connectivity index (χ4v) is 2.81. The molecule has 1 aliphatic rings. The van der Waals surface area contributed by atoms with E-state index >= 15 is 0 Å². The third-order valence-corrected chi connectivity index (χ3v) is 3.69. The van der Waals surface area contributed by atoms with Gasteiger partial charge in [0.2, 0.25) is 0 Å². The van der Waals surface area contributed by atoms with Gasteiger partial charge in [0.1, 0.15) is 0 Å². The molecule has 1 heterocycles. The molecule has 2 nitrogen and oxygen atoms in total. The van der Waals surface area contributed by atoms with Crippen LogP contribution in [0.2, 0.25) is 0 Å². The Morgan fingerprint density at radius 3 is 2.58 bits per heavy atom. The van der Waals surface area contributed by atoms with Crippen LogP contribution in [0.4, 0.5) is 0 Å². The van der Waals surface area contributed by atoms with Crippen LogP contribution in [-0.4, -0.2) is 17.5 Å². The molecule has 0 amide bonds. The summed E-state index contributed by atoms with van der Waals surface area (Å²) in [5.74, 6) is 1.35. The van der Waals surface area contributed by atoms with Crippen molar-refractivity contribution < 1.29 is 4.74 Å². The van der Waals surface area contributed by atoms with Crippen molar-refractivity contribution in [3.05, 3.63) is 35.9 Å². The van der Waals surface area contributed by atoms with Crippen molar-refractivity contribution >= 4 is 5.90 Å². The molecule has 0 spiro atoms. The van der Waals surface area contributed by atoms with Gasteiger partial charge in [0.25, 0.3) is 0 Å². The van der Waals surface area contributed by atoms with Crippen LogP contribution in [0.25, 0.3) is 0 Å². The fourth-order valence-electron chi connectivity index (χ4n) is 2.81. The summed E-state index contributed by atoms with van der Waals surface area (Å²) in [7, 11) is 0.